The maximum atomic E-state index is 11.5. The fourth-order valence-electron chi connectivity index (χ4n) is 1.15. The number of hydrogen-bond donors (Lipinski definition) is 2. The minimum Gasteiger partial charge on any atom is -0.380 e. The van der Waals surface area contributed by atoms with Crippen LogP contribution in [0.4, 0.5) is 5.69 Å². The first-order chi connectivity index (χ1) is 8.13. The van der Waals surface area contributed by atoms with E-state index < -0.39 is 0 Å². The summed E-state index contributed by atoms with van der Waals surface area (Å²) in [5.41, 5.74) is 5.92. The Balaban J connectivity index is 2.37. The molecule has 0 spiro atoms. The van der Waals surface area contributed by atoms with Crippen LogP contribution in [0.2, 0.25) is 5.02 Å². The van der Waals surface area contributed by atoms with Gasteiger partial charge >= 0.3 is 0 Å². The molecule has 0 fully saturated rings. The molecule has 17 heavy (non-hydrogen) atoms. The molecule has 6 heteroatoms. The number of carbonyl (C=O) groups excluding carboxylic acids is 1. The van der Waals surface area contributed by atoms with Crippen molar-refractivity contribution in [3.05, 3.63) is 27.7 Å². The zero-order chi connectivity index (χ0) is 12.7. The monoisotopic (exact) mass is 320 g/mol. The SMILES string of the molecule is NCCOCCC(=O)Nc1ccc(Br)c(Cl)c1. The molecule has 3 N–H and O–H groups in total. The highest BCUT2D eigenvalue weighted by molar-refractivity contribution is 9.10. The molecule has 1 amide bonds. The quantitative estimate of drug-likeness (QED) is 0.791. The average molecular weight is 322 g/mol. The van der Waals surface area contributed by atoms with Crippen LogP contribution in [0, 0.1) is 0 Å². The number of carbonyl (C=O) groups is 1. The van der Waals surface area contributed by atoms with Gasteiger partial charge in [0, 0.05) is 16.7 Å². The smallest absolute Gasteiger partial charge is 0.226 e. The Hall–Kier alpha value is -0.620. The van der Waals surface area contributed by atoms with Crippen molar-refractivity contribution in [3.8, 4) is 0 Å². The number of hydrogen-bond acceptors (Lipinski definition) is 3. The summed E-state index contributed by atoms with van der Waals surface area (Å²) in [7, 11) is 0. The highest BCUT2D eigenvalue weighted by Crippen LogP contribution is 2.25. The standard InChI is InChI=1S/C11H14BrClN2O2/c12-9-2-1-8(7-10(9)13)15-11(16)3-5-17-6-4-14/h1-2,7H,3-6,14H2,(H,15,16). The first kappa shape index (κ1) is 14.4. The van der Waals surface area contributed by atoms with Gasteiger partial charge in [0.05, 0.1) is 24.7 Å². The van der Waals surface area contributed by atoms with Gasteiger partial charge in [0.15, 0.2) is 0 Å². The molecule has 94 valence electrons. The molecule has 0 saturated heterocycles. The number of nitrogens with two attached hydrogens (primary N) is 1. The largest absolute Gasteiger partial charge is 0.380 e. The fraction of sp³-hybridized carbons (Fsp3) is 0.364. The second kappa shape index (κ2) is 7.66. The first-order valence-corrected chi connectivity index (χ1v) is 6.33. The minimum atomic E-state index is -0.111. The number of amides is 1. The highest BCUT2D eigenvalue weighted by atomic mass is 79.9. The van der Waals surface area contributed by atoms with Gasteiger partial charge in [-0.05, 0) is 34.1 Å². The maximum Gasteiger partial charge on any atom is 0.226 e. The van der Waals surface area contributed by atoms with Crippen LogP contribution in [-0.2, 0) is 9.53 Å². The van der Waals surface area contributed by atoms with Crippen LogP contribution < -0.4 is 11.1 Å². The van der Waals surface area contributed by atoms with Crippen LogP contribution >= 0.6 is 27.5 Å². The number of rotatable bonds is 6. The van der Waals surface area contributed by atoms with Crippen molar-refractivity contribution in [2.75, 3.05) is 25.1 Å². The summed E-state index contributed by atoms with van der Waals surface area (Å²) >= 11 is 9.18. The maximum absolute atomic E-state index is 11.5. The Morgan fingerprint density at radius 3 is 2.88 bits per heavy atom. The van der Waals surface area contributed by atoms with Crippen LogP contribution in [0.3, 0.4) is 0 Å². The number of benzene rings is 1. The van der Waals surface area contributed by atoms with E-state index in [-0.39, 0.29) is 5.91 Å². The molecular weight excluding hydrogens is 307 g/mol. The molecule has 1 aromatic carbocycles. The van der Waals surface area contributed by atoms with Gasteiger partial charge in [0.25, 0.3) is 0 Å². The van der Waals surface area contributed by atoms with Crippen molar-refractivity contribution < 1.29 is 9.53 Å². The van der Waals surface area contributed by atoms with E-state index in [1.165, 1.54) is 0 Å². The lowest BCUT2D eigenvalue weighted by Crippen LogP contribution is -2.16. The number of halogens is 2. The summed E-state index contributed by atoms with van der Waals surface area (Å²) in [6.07, 6.45) is 0.299. The summed E-state index contributed by atoms with van der Waals surface area (Å²) in [4.78, 5) is 11.5. The second-order valence-corrected chi connectivity index (χ2v) is 4.59. The molecular formula is C11H14BrClN2O2. The third-order valence-electron chi connectivity index (χ3n) is 1.94. The Kier molecular flexibility index (Phi) is 6.50. The summed E-state index contributed by atoms with van der Waals surface area (Å²) in [5.74, 6) is -0.111. The van der Waals surface area contributed by atoms with E-state index in [1.807, 2.05) is 0 Å². The lowest BCUT2D eigenvalue weighted by Gasteiger charge is -2.06. The highest BCUT2D eigenvalue weighted by Gasteiger charge is 2.04. The van der Waals surface area contributed by atoms with Crippen LogP contribution in [0.1, 0.15) is 6.42 Å². The molecule has 1 aromatic rings. The predicted octanol–water partition coefficient (Wildman–Crippen LogP) is 2.41. The molecule has 0 saturated carbocycles. The summed E-state index contributed by atoms with van der Waals surface area (Å²) < 4.78 is 5.91. The number of nitrogens with one attached hydrogen (secondary N) is 1. The Morgan fingerprint density at radius 1 is 1.47 bits per heavy atom. The third kappa shape index (κ3) is 5.50. The number of ether oxygens (including phenoxy) is 1. The molecule has 1 rings (SSSR count). The van der Waals surface area contributed by atoms with E-state index in [0.29, 0.717) is 36.9 Å². The van der Waals surface area contributed by atoms with Gasteiger partial charge < -0.3 is 15.8 Å². The first-order valence-electron chi connectivity index (χ1n) is 5.16. The van der Waals surface area contributed by atoms with Gasteiger partial charge in [-0.2, -0.15) is 0 Å². The normalized spacial score (nSPS) is 10.3. The second-order valence-electron chi connectivity index (χ2n) is 3.33. The molecule has 0 radical (unpaired) electrons. The average Bonchev–Trinajstić information content (AvgIpc) is 2.30. The molecule has 0 atom stereocenters. The summed E-state index contributed by atoms with van der Waals surface area (Å²) in [5, 5.41) is 3.29. The summed E-state index contributed by atoms with van der Waals surface area (Å²) in [6, 6.07) is 5.24. The van der Waals surface area contributed by atoms with E-state index in [1.54, 1.807) is 18.2 Å². The topological polar surface area (TPSA) is 64.3 Å². The van der Waals surface area contributed by atoms with Crippen molar-refractivity contribution in [2.24, 2.45) is 5.73 Å². The van der Waals surface area contributed by atoms with Crippen LogP contribution in [0.5, 0.6) is 0 Å². The van der Waals surface area contributed by atoms with Crippen LogP contribution in [0.15, 0.2) is 22.7 Å². The van der Waals surface area contributed by atoms with Crippen LogP contribution in [0.25, 0.3) is 0 Å². The lowest BCUT2D eigenvalue weighted by molar-refractivity contribution is -0.117. The zero-order valence-electron chi connectivity index (χ0n) is 9.21. The van der Waals surface area contributed by atoms with Crippen molar-refractivity contribution in [2.45, 2.75) is 6.42 Å². The van der Waals surface area contributed by atoms with Gasteiger partial charge in [-0.1, -0.05) is 11.6 Å². The Morgan fingerprint density at radius 2 is 2.24 bits per heavy atom. The Labute approximate surface area is 114 Å². The minimum absolute atomic E-state index is 0.111. The van der Waals surface area contributed by atoms with Gasteiger partial charge in [0.2, 0.25) is 5.91 Å². The van der Waals surface area contributed by atoms with Gasteiger partial charge in [-0.25, -0.2) is 0 Å². The van der Waals surface area contributed by atoms with Gasteiger partial charge in [-0.15, -0.1) is 0 Å². The molecule has 4 nitrogen and oxygen atoms in total. The Bertz CT molecular complexity index is 388. The van der Waals surface area contributed by atoms with Crippen molar-refractivity contribution in [3.63, 3.8) is 0 Å². The van der Waals surface area contributed by atoms with E-state index in [2.05, 4.69) is 21.2 Å². The fourth-order valence-corrected chi connectivity index (χ4v) is 1.57. The van der Waals surface area contributed by atoms with Crippen molar-refractivity contribution in [1.29, 1.82) is 0 Å². The van der Waals surface area contributed by atoms with Gasteiger partial charge in [0.1, 0.15) is 0 Å². The molecule has 0 bridgehead atoms. The van der Waals surface area contributed by atoms with E-state index in [0.717, 1.165) is 4.47 Å². The molecule has 0 aromatic heterocycles. The van der Waals surface area contributed by atoms with E-state index in [4.69, 9.17) is 22.1 Å². The lowest BCUT2D eigenvalue weighted by atomic mass is 10.3. The third-order valence-corrected chi connectivity index (χ3v) is 3.17. The van der Waals surface area contributed by atoms with E-state index in [9.17, 15) is 4.79 Å². The molecule has 0 heterocycles. The zero-order valence-corrected chi connectivity index (χ0v) is 11.6. The molecule has 0 aliphatic rings. The van der Waals surface area contributed by atoms with E-state index >= 15 is 0 Å². The van der Waals surface area contributed by atoms with Crippen LogP contribution in [-0.4, -0.2) is 25.7 Å². The molecule has 0 unspecified atom stereocenters. The number of anilines is 1. The van der Waals surface area contributed by atoms with Gasteiger partial charge in [-0.3, -0.25) is 4.79 Å². The summed E-state index contributed by atoms with van der Waals surface area (Å²) in [6.45, 7) is 1.30. The van der Waals surface area contributed by atoms with Crippen molar-refractivity contribution in [1.82, 2.24) is 0 Å². The molecule has 0 aliphatic heterocycles. The predicted molar refractivity (Wildman–Crippen MR) is 72.3 cm³/mol. The van der Waals surface area contributed by atoms with Crippen molar-refractivity contribution >= 4 is 39.1 Å². The molecule has 0 aliphatic carbocycles.